The Labute approximate surface area is 118 Å². The van der Waals surface area contributed by atoms with Crippen molar-refractivity contribution >= 4 is 22.6 Å². The average molecular weight is 348 g/mol. The zero-order chi connectivity index (χ0) is 12.7. The van der Waals surface area contributed by atoms with E-state index in [4.69, 9.17) is 9.47 Å². The number of hydrogen-bond acceptors (Lipinski definition) is 2. The Bertz CT molecular complexity index is 309. The highest BCUT2D eigenvalue weighted by Gasteiger charge is 2.09. The molecule has 1 rings (SSSR count). The molecule has 0 saturated heterocycles. The number of benzene rings is 1. The lowest BCUT2D eigenvalue weighted by molar-refractivity contribution is -0.00503. The fourth-order valence-corrected chi connectivity index (χ4v) is 2.25. The summed E-state index contributed by atoms with van der Waals surface area (Å²) in [5, 5.41) is 0. The quantitative estimate of drug-likeness (QED) is 0.423. The summed E-state index contributed by atoms with van der Waals surface area (Å²) in [4.78, 5) is 0. The van der Waals surface area contributed by atoms with Crippen molar-refractivity contribution in [2.75, 3.05) is 17.6 Å². The largest absolute Gasteiger partial charge is 0.376 e. The average Bonchev–Trinajstić information content (AvgIpc) is 2.30. The highest BCUT2D eigenvalue weighted by atomic mass is 127. The molecule has 0 saturated carbocycles. The summed E-state index contributed by atoms with van der Waals surface area (Å²) < 4.78 is 12.3. The van der Waals surface area contributed by atoms with Crippen LogP contribution in [0.4, 0.5) is 0 Å². The molecular formula is C14H21IO2. The molecule has 1 aromatic rings. The lowest BCUT2D eigenvalue weighted by atomic mass is 10.1. The van der Waals surface area contributed by atoms with Crippen LogP contribution in [0.3, 0.4) is 0 Å². The van der Waals surface area contributed by atoms with Crippen molar-refractivity contribution in [3.63, 3.8) is 0 Å². The van der Waals surface area contributed by atoms with Gasteiger partial charge in [0.1, 0.15) is 0 Å². The first-order valence-electron chi connectivity index (χ1n) is 5.99. The molecule has 0 aromatic heterocycles. The molecule has 96 valence electrons. The summed E-state index contributed by atoms with van der Waals surface area (Å²) in [5.41, 5.74) is 2.53. The van der Waals surface area contributed by atoms with Crippen LogP contribution in [0.2, 0.25) is 0 Å². The fourth-order valence-electron chi connectivity index (χ4n) is 1.49. The summed E-state index contributed by atoms with van der Waals surface area (Å²) in [6, 6.07) is 8.54. The van der Waals surface area contributed by atoms with Gasteiger partial charge in [-0.25, -0.2) is 0 Å². The van der Waals surface area contributed by atoms with Crippen molar-refractivity contribution in [2.45, 2.75) is 33.0 Å². The zero-order valence-electron chi connectivity index (χ0n) is 10.8. The van der Waals surface area contributed by atoms with Crippen molar-refractivity contribution in [3.05, 3.63) is 35.4 Å². The summed E-state index contributed by atoms with van der Waals surface area (Å²) >= 11 is 2.36. The predicted octanol–water partition coefficient (Wildman–Crippen LogP) is 3.91. The van der Waals surface area contributed by atoms with E-state index in [-0.39, 0.29) is 12.2 Å². The molecule has 0 amide bonds. The van der Waals surface area contributed by atoms with Crippen molar-refractivity contribution in [2.24, 2.45) is 0 Å². The number of alkyl halides is 1. The van der Waals surface area contributed by atoms with Gasteiger partial charge < -0.3 is 9.47 Å². The van der Waals surface area contributed by atoms with E-state index in [9.17, 15) is 0 Å². The fraction of sp³-hybridized carbons (Fsp3) is 0.571. The molecule has 0 aliphatic rings. The van der Waals surface area contributed by atoms with Gasteiger partial charge in [-0.2, -0.15) is 0 Å². The van der Waals surface area contributed by atoms with Gasteiger partial charge in [0.05, 0.1) is 25.4 Å². The van der Waals surface area contributed by atoms with Crippen LogP contribution in [0.1, 0.15) is 31.1 Å². The molecule has 0 aliphatic heterocycles. The van der Waals surface area contributed by atoms with Gasteiger partial charge in [-0.1, -0.05) is 52.4 Å². The molecule has 1 aromatic carbocycles. The van der Waals surface area contributed by atoms with Gasteiger partial charge >= 0.3 is 0 Å². The standard InChI is InChI=1S/C14H21IO2/c1-11(2)16-8-9-17-14(10-15)13-6-4-12(3)5-7-13/h4-7,11,14H,8-10H2,1-3H3. The van der Waals surface area contributed by atoms with Crippen LogP contribution in [0, 0.1) is 6.92 Å². The molecule has 0 heterocycles. The molecule has 0 radical (unpaired) electrons. The third kappa shape index (κ3) is 5.84. The van der Waals surface area contributed by atoms with E-state index in [1.54, 1.807) is 0 Å². The second-order valence-electron chi connectivity index (χ2n) is 4.34. The van der Waals surface area contributed by atoms with Gasteiger partial charge in [-0.3, -0.25) is 0 Å². The minimum Gasteiger partial charge on any atom is -0.376 e. The van der Waals surface area contributed by atoms with Crippen LogP contribution in [-0.4, -0.2) is 23.7 Å². The number of rotatable bonds is 7. The maximum Gasteiger partial charge on any atom is 0.0915 e. The SMILES string of the molecule is Cc1ccc(C(CI)OCCOC(C)C)cc1. The van der Waals surface area contributed by atoms with E-state index in [0.717, 1.165) is 4.43 Å². The minimum absolute atomic E-state index is 0.173. The maximum absolute atomic E-state index is 5.84. The van der Waals surface area contributed by atoms with Gasteiger partial charge in [0.2, 0.25) is 0 Å². The van der Waals surface area contributed by atoms with Gasteiger partial charge in [0.25, 0.3) is 0 Å². The molecule has 2 nitrogen and oxygen atoms in total. The normalized spacial score (nSPS) is 13.0. The Kier molecular flexibility index (Phi) is 7.08. The Morgan fingerprint density at radius 3 is 2.18 bits per heavy atom. The van der Waals surface area contributed by atoms with Crippen LogP contribution in [-0.2, 0) is 9.47 Å². The summed E-state index contributed by atoms with van der Waals surface area (Å²) in [7, 11) is 0. The molecule has 0 fully saturated rings. The van der Waals surface area contributed by atoms with Gasteiger partial charge in [0, 0.05) is 4.43 Å². The molecule has 0 bridgehead atoms. The summed E-state index contributed by atoms with van der Waals surface area (Å²) in [6.07, 6.45) is 0.447. The van der Waals surface area contributed by atoms with Crippen molar-refractivity contribution in [3.8, 4) is 0 Å². The second kappa shape index (κ2) is 8.06. The highest BCUT2D eigenvalue weighted by Crippen LogP contribution is 2.20. The Hall–Kier alpha value is -0.130. The van der Waals surface area contributed by atoms with Crippen LogP contribution in [0.25, 0.3) is 0 Å². The first kappa shape index (κ1) is 14.9. The monoisotopic (exact) mass is 348 g/mol. The van der Waals surface area contributed by atoms with Crippen molar-refractivity contribution in [1.82, 2.24) is 0 Å². The smallest absolute Gasteiger partial charge is 0.0915 e. The molecule has 0 spiro atoms. The molecule has 17 heavy (non-hydrogen) atoms. The Balaban J connectivity index is 2.40. The first-order valence-corrected chi connectivity index (χ1v) is 7.51. The van der Waals surface area contributed by atoms with Gasteiger partial charge in [-0.05, 0) is 26.3 Å². The number of halogens is 1. The van der Waals surface area contributed by atoms with Crippen LogP contribution in [0.5, 0.6) is 0 Å². The minimum atomic E-state index is 0.173. The second-order valence-corrected chi connectivity index (χ2v) is 5.22. The third-order valence-electron chi connectivity index (χ3n) is 2.44. The lowest BCUT2D eigenvalue weighted by Crippen LogP contribution is -2.13. The van der Waals surface area contributed by atoms with E-state index in [1.807, 2.05) is 13.8 Å². The predicted molar refractivity (Wildman–Crippen MR) is 79.8 cm³/mol. The zero-order valence-corrected chi connectivity index (χ0v) is 12.9. The topological polar surface area (TPSA) is 18.5 Å². The van der Waals surface area contributed by atoms with E-state index >= 15 is 0 Å². The van der Waals surface area contributed by atoms with E-state index in [0.29, 0.717) is 13.2 Å². The Morgan fingerprint density at radius 2 is 1.65 bits per heavy atom. The highest BCUT2D eigenvalue weighted by molar-refractivity contribution is 14.1. The van der Waals surface area contributed by atoms with Gasteiger partial charge in [0.15, 0.2) is 0 Å². The van der Waals surface area contributed by atoms with E-state index in [1.165, 1.54) is 11.1 Å². The molecule has 1 unspecified atom stereocenters. The molecule has 0 aliphatic carbocycles. The van der Waals surface area contributed by atoms with Crippen LogP contribution in [0.15, 0.2) is 24.3 Å². The van der Waals surface area contributed by atoms with Crippen LogP contribution >= 0.6 is 22.6 Å². The van der Waals surface area contributed by atoms with E-state index < -0.39 is 0 Å². The molecule has 3 heteroatoms. The van der Waals surface area contributed by atoms with Crippen LogP contribution < -0.4 is 0 Å². The lowest BCUT2D eigenvalue weighted by Gasteiger charge is -2.16. The number of aryl methyl sites for hydroxylation is 1. The molecule has 0 N–H and O–H groups in total. The Morgan fingerprint density at radius 1 is 1.06 bits per heavy atom. The maximum atomic E-state index is 5.84. The van der Waals surface area contributed by atoms with Crippen molar-refractivity contribution in [1.29, 1.82) is 0 Å². The van der Waals surface area contributed by atoms with Crippen molar-refractivity contribution < 1.29 is 9.47 Å². The number of hydrogen-bond donors (Lipinski definition) is 0. The summed E-state index contributed by atoms with van der Waals surface area (Å²) in [6.45, 7) is 7.49. The number of ether oxygens (including phenoxy) is 2. The molecule has 1 atom stereocenters. The first-order chi connectivity index (χ1) is 8.13. The van der Waals surface area contributed by atoms with Gasteiger partial charge in [-0.15, -0.1) is 0 Å². The third-order valence-corrected chi connectivity index (χ3v) is 3.24. The molecular weight excluding hydrogens is 327 g/mol. The summed E-state index contributed by atoms with van der Waals surface area (Å²) in [5.74, 6) is 0. The van der Waals surface area contributed by atoms with E-state index in [2.05, 4.69) is 53.8 Å².